The summed E-state index contributed by atoms with van der Waals surface area (Å²) >= 11 is 0. The average Bonchev–Trinajstić information content (AvgIpc) is 2.68. The van der Waals surface area contributed by atoms with Crippen LogP contribution in [0, 0.1) is 0 Å². The number of piperazine rings is 1. The highest BCUT2D eigenvalue weighted by Crippen LogP contribution is 2.19. The first kappa shape index (κ1) is 17.9. The van der Waals surface area contributed by atoms with E-state index in [1.807, 2.05) is 4.90 Å². The highest BCUT2D eigenvalue weighted by Gasteiger charge is 2.18. The van der Waals surface area contributed by atoms with Crippen molar-refractivity contribution in [3.63, 3.8) is 0 Å². The van der Waals surface area contributed by atoms with Gasteiger partial charge in [-0.1, -0.05) is 0 Å². The number of hydrogen-bond acceptors (Lipinski definition) is 7. The standard InChI is InChI=1S/C16H19N5O4S/c1-25-13-2-4-14(5-3-13)26(23,24)19-15-6-7-16(18-17-15)21-10-8-20(12-22)9-11-21/h2-7,12H,8-11H2,1H3,(H,17,19). The second-order valence-corrected chi connectivity index (χ2v) is 7.37. The Morgan fingerprint density at radius 2 is 1.73 bits per heavy atom. The topological polar surface area (TPSA) is 105 Å². The lowest BCUT2D eigenvalue weighted by atomic mass is 10.3. The molecule has 0 radical (unpaired) electrons. The van der Waals surface area contributed by atoms with Gasteiger partial charge in [0.05, 0.1) is 12.0 Å². The number of hydrogen-bond donors (Lipinski definition) is 1. The summed E-state index contributed by atoms with van der Waals surface area (Å²) in [6.45, 7) is 2.56. The summed E-state index contributed by atoms with van der Waals surface area (Å²) in [6.07, 6.45) is 0.833. The Labute approximate surface area is 151 Å². The first-order valence-corrected chi connectivity index (χ1v) is 9.45. The second kappa shape index (κ2) is 7.56. The molecule has 26 heavy (non-hydrogen) atoms. The van der Waals surface area contributed by atoms with E-state index in [4.69, 9.17) is 4.74 Å². The van der Waals surface area contributed by atoms with Gasteiger partial charge in [0.2, 0.25) is 6.41 Å². The molecule has 0 saturated carbocycles. The lowest BCUT2D eigenvalue weighted by Crippen LogP contribution is -2.46. The molecule has 0 spiro atoms. The number of anilines is 2. The first-order chi connectivity index (χ1) is 12.5. The van der Waals surface area contributed by atoms with Crippen LogP contribution in [0.25, 0.3) is 0 Å². The second-order valence-electron chi connectivity index (χ2n) is 5.69. The van der Waals surface area contributed by atoms with E-state index in [1.165, 1.54) is 19.2 Å². The van der Waals surface area contributed by atoms with E-state index < -0.39 is 10.0 Å². The predicted octanol–water partition coefficient (Wildman–Crippen LogP) is 0.564. The minimum absolute atomic E-state index is 0.106. The van der Waals surface area contributed by atoms with Gasteiger partial charge in [0, 0.05) is 26.2 Å². The van der Waals surface area contributed by atoms with Crippen LogP contribution in [0.3, 0.4) is 0 Å². The van der Waals surface area contributed by atoms with Gasteiger partial charge < -0.3 is 14.5 Å². The van der Waals surface area contributed by atoms with Crippen LogP contribution in [-0.4, -0.2) is 63.2 Å². The third-order valence-electron chi connectivity index (χ3n) is 4.05. The number of methoxy groups -OCH3 is 1. The number of carbonyl (C=O) groups is 1. The molecule has 9 nitrogen and oxygen atoms in total. The molecule has 1 N–H and O–H groups in total. The van der Waals surface area contributed by atoms with Gasteiger partial charge in [-0.3, -0.25) is 9.52 Å². The fourth-order valence-electron chi connectivity index (χ4n) is 2.56. The molecule has 1 amide bonds. The smallest absolute Gasteiger partial charge is 0.263 e. The number of sulfonamides is 1. The van der Waals surface area contributed by atoms with Gasteiger partial charge in [0.15, 0.2) is 11.6 Å². The minimum Gasteiger partial charge on any atom is -0.497 e. The molecule has 1 aromatic carbocycles. The van der Waals surface area contributed by atoms with Crippen LogP contribution in [-0.2, 0) is 14.8 Å². The molecule has 138 valence electrons. The van der Waals surface area contributed by atoms with Crippen molar-refractivity contribution >= 4 is 28.1 Å². The Kier molecular flexibility index (Phi) is 5.21. The number of nitrogens with one attached hydrogen (secondary N) is 1. The molecular weight excluding hydrogens is 358 g/mol. The van der Waals surface area contributed by atoms with Gasteiger partial charge in [-0.2, -0.15) is 0 Å². The van der Waals surface area contributed by atoms with Gasteiger partial charge in [0.1, 0.15) is 5.75 Å². The monoisotopic (exact) mass is 377 g/mol. The molecule has 1 aliphatic rings. The molecule has 1 aromatic heterocycles. The quantitative estimate of drug-likeness (QED) is 0.734. The Balaban J connectivity index is 1.67. The number of carbonyl (C=O) groups excluding carboxylic acids is 1. The molecule has 2 heterocycles. The van der Waals surface area contributed by atoms with Crippen LogP contribution in [0.15, 0.2) is 41.3 Å². The summed E-state index contributed by atoms with van der Waals surface area (Å²) in [5.74, 6) is 1.35. The van der Waals surface area contributed by atoms with Crippen LogP contribution in [0.2, 0.25) is 0 Å². The molecule has 0 atom stereocenters. The van der Waals surface area contributed by atoms with Crippen LogP contribution < -0.4 is 14.4 Å². The van der Waals surface area contributed by atoms with Gasteiger partial charge in [-0.25, -0.2) is 8.42 Å². The van der Waals surface area contributed by atoms with Crippen LogP contribution >= 0.6 is 0 Å². The van der Waals surface area contributed by atoms with E-state index >= 15 is 0 Å². The molecule has 0 unspecified atom stereocenters. The third-order valence-corrected chi connectivity index (χ3v) is 5.42. The summed E-state index contributed by atoms with van der Waals surface area (Å²) in [7, 11) is -2.24. The third kappa shape index (κ3) is 4.02. The molecule has 1 saturated heterocycles. The molecule has 3 rings (SSSR count). The molecule has 10 heteroatoms. The van der Waals surface area contributed by atoms with Crippen molar-refractivity contribution in [2.75, 3.05) is 42.9 Å². The van der Waals surface area contributed by atoms with Crippen molar-refractivity contribution in [1.29, 1.82) is 0 Å². The normalized spacial score (nSPS) is 14.8. The highest BCUT2D eigenvalue weighted by atomic mass is 32.2. The largest absolute Gasteiger partial charge is 0.497 e. The number of rotatable bonds is 6. The zero-order valence-corrected chi connectivity index (χ0v) is 15.0. The highest BCUT2D eigenvalue weighted by molar-refractivity contribution is 7.92. The molecule has 1 fully saturated rings. The zero-order chi connectivity index (χ0) is 18.6. The van der Waals surface area contributed by atoms with E-state index in [0.29, 0.717) is 37.7 Å². The van der Waals surface area contributed by atoms with Crippen molar-refractivity contribution in [1.82, 2.24) is 15.1 Å². The minimum atomic E-state index is -3.75. The van der Waals surface area contributed by atoms with Crippen LogP contribution in [0.4, 0.5) is 11.6 Å². The van der Waals surface area contributed by atoms with E-state index in [-0.39, 0.29) is 10.7 Å². The Bertz CT molecular complexity index is 847. The maximum Gasteiger partial charge on any atom is 0.263 e. The molecule has 2 aromatic rings. The first-order valence-electron chi connectivity index (χ1n) is 7.97. The van der Waals surface area contributed by atoms with Gasteiger partial charge in [-0.15, -0.1) is 10.2 Å². The van der Waals surface area contributed by atoms with Crippen LogP contribution in [0.5, 0.6) is 5.75 Å². The van der Waals surface area contributed by atoms with E-state index in [2.05, 4.69) is 14.9 Å². The van der Waals surface area contributed by atoms with Crippen molar-refractivity contribution in [3.8, 4) is 5.75 Å². The lowest BCUT2D eigenvalue weighted by Gasteiger charge is -2.32. The number of aromatic nitrogens is 2. The van der Waals surface area contributed by atoms with Gasteiger partial charge >= 0.3 is 0 Å². The summed E-state index contributed by atoms with van der Waals surface area (Å²) in [5.41, 5.74) is 0. The van der Waals surface area contributed by atoms with E-state index in [1.54, 1.807) is 29.2 Å². The van der Waals surface area contributed by atoms with Gasteiger partial charge in [0.25, 0.3) is 10.0 Å². The Morgan fingerprint density at radius 1 is 1.04 bits per heavy atom. The van der Waals surface area contributed by atoms with Crippen molar-refractivity contribution in [3.05, 3.63) is 36.4 Å². The van der Waals surface area contributed by atoms with Crippen molar-refractivity contribution in [2.45, 2.75) is 4.90 Å². The van der Waals surface area contributed by atoms with E-state index in [9.17, 15) is 13.2 Å². The fourth-order valence-corrected chi connectivity index (χ4v) is 3.55. The Hall–Kier alpha value is -2.88. The molecule has 1 aliphatic heterocycles. The van der Waals surface area contributed by atoms with Crippen LogP contribution in [0.1, 0.15) is 0 Å². The maximum atomic E-state index is 12.4. The zero-order valence-electron chi connectivity index (χ0n) is 14.2. The van der Waals surface area contributed by atoms with Gasteiger partial charge in [-0.05, 0) is 36.4 Å². The summed E-state index contributed by atoms with van der Waals surface area (Å²) in [5, 5.41) is 8.03. The van der Waals surface area contributed by atoms with Crippen molar-refractivity contribution < 1.29 is 17.9 Å². The Morgan fingerprint density at radius 3 is 2.27 bits per heavy atom. The number of ether oxygens (including phenoxy) is 1. The van der Waals surface area contributed by atoms with Crippen molar-refractivity contribution in [2.24, 2.45) is 0 Å². The SMILES string of the molecule is COc1ccc(S(=O)(=O)Nc2ccc(N3CCN(C=O)CC3)nn2)cc1. The summed E-state index contributed by atoms with van der Waals surface area (Å²) in [4.78, 5) is 14.5. The summed E-state index contributed by atoms with van der Waals surface area (Å²) < 4.78 is 32.2. The number of amides is 1. The number of nitrogens with zero attached hydrogens (tertiary/aromatic N) is 4. The average molecular weight is 377 g/mol. The van der Waals surface area contributed by atoms with E-state index in [0.717, 1.165) is 6.41 Å². The fraction of sp³-hybridized carbons (Fsp3) is 0.312. The number of benzene rings is 1. The lowest BCUT2D eigenvalue weighted by molar-refractivity contribution is -0.118. The molecule has 0 aliphatic carbocycles. The maximum absolute atomic E-state index is 12.4. The molecule has 0 bridgehead atoms. The molecular formula is C16H19N5O4S. The predicted molar refractivity (Wildman–Crippen MR) is 95.7 cm³/mol. The summed E-state index contributed by atoms with van der Waals surface area (Å²) in [6, 6.07) is 9.32.